The SMILES string of the molecule is CCCN(CC(C)(C)CS)C(C)C. The first-order valence-corrected chi connectivity index (χ1v) is 5.91. The number of nitrogens with zero attached hydrogens (tertiary/aromatic N) is 1. The Bertz CT molecular complexity index is 132. The molecule has 0 atom stereocenters. The van der Waals surface area contributed by atoms with Gasteiger partial charge in [0.1, 0.15) is 0 Å². The van der Waals surface area contributed by atoms with E-state index in [2.05, 4.69) is 52.1 Å². The fraction of sp³-hybridized carbons (Fsp3) is 1.00. The molecule has 1 nitrogen and oxygen atoms in total. The first-order valence-electron chi connectivity index (χ1n) is 5.28. The largest absolute Gasteiger partial charge is 0.300 e. The average molecular weight is 203 g/mol. The Hall–Kier alpha value is 0.310. The predicted molar refractivity (Wildman–Crippen MR) is 64.6 cm³/mol. The Balaban J connectivity index is 4.08. The van der Waals surface area contributed by atoms with Gasteiger partial charge in [0.2, 0.25) is 0 Å². The Kier molecular flexibility index (Phi) is 6.06. The highest BCUT2D eigenvalue weighted by Gasteiger charge is 2.21. The minimum absolute atomic E-state index is 0.336. The van der Waals surface area contributed by atoms with Crippen molar-refractivity contribution in [3.8, 4) is 0 Å². The van der Waals surface area contributed by atoms with E-state index in [0.717, 1.165) is 12.3 Å². The molecule has 0 radical (unpaired) electrons. The quantitative estimate of drug-likeness (QED) is 0.649. The zero-order chi connectivity index (χ0) is 10.5. The molecule has 0 N–H and O–H groups in total. The highest BCUT2D eigenvalue weighted by atomic mass is 32.1. The van der Waals surface area contributed by atoms with E-state index >= 15 is 0 Å². The third-order valence-electron chi connectivity index (χ3n) is 2.30. The molecule has 0 heterocycles. The molecule has 80 valence electrons. The second kappa shape index (κ2) is 5.92. The molecule has 0 unspecified atom stereocenters. The summed E-state index contributed by atoms with van der Waals surface area (Å²) >= 11 is 4.39. The van der Waals surface area contributed by atoms with Crippen LogP contribution in [-0.4, -0.2) is 29.8 Å². The van der Waals surface area contributed by atoms with Crippen molar-refractivity contribution in [2.75, 3.05) is 18.8 Å². The van der Waals surface area contributed by atoms with Crippen LogP contribution < -0.4 is 0 Å². The fourth-order valence-corrected chi connectivity index (χ4v) is 1.51. The second-order valence-electron chi connectivity index (χ2n) is 4.89. The van der Waals surface area contributed by atoms with Crippen LogP contribution in [0.3, 0.4) is 0 Å². The summed E-state index contributed by atoms with van der Waals surface area (Å²) < 4.78 is 0. The molecule has 0 aromatic carbocycles. The van der Waals surface area contributed by atoms with Gasteiger partial charge < -0.3 is 4.90 Å². The van der Waals surface area contributed by atoms with Crippen molar-refractivity contribution in [3.63, 3.8) is 0 Å². The first kappa shape index (κ1) is 13.3. The molecule has 0 aliphatic heterocycles. The summed E-state index contributed by atoms with van der Waals surface area (Å²) in [6, 6.07) is 0.652. The van der Waals surface area contributed by atoms with Crippen molar-refractivity contribution in [3.05, 3.63) is 0 Å². The molecule has 0 aliphatic carbocycles. The molecule has 0 rings (SSSR count). The minimum atomic E-state index is 0.336. The van der Waals surface area contributed by atoms with Crippen LogP contribution in [-0.2, 0) is 0 Å². The molecule has 13 heavy (non-hydrogen) atoms. The van der Waals surface area contributed by atoms with Gasteiger partial charge in [-0.1, -0.05) is 20.8 Å². The lowest BCUT2D eigenvalue weighted by atomic mass is 9.95. The fourth-order valence-electron chi connectivity index (χ4n) is 1.41. The molecule has 0 spiro atoms. The van der Waals surface area contributed by atoms with Gasteiger partial charge in [0, 0.05) is 12.6 Å². The Morgan fingerprint density at radius 2 is 1.85 bits per heavy atom. The van der Waals surface area contributed by atoms with Crippen LogP contribution in [0.5, 0.6) is 0 Å². The normalized spacial score (nSPS) is 12.9. The van der Waals surface area contributed by atoms with Gasteiger partial charge >= 0.3 is 0 Å². The van der Waals surface area contributed by atoms with E-state index in [-0.39, 0.29) is 0 Å². The van der Waals surface area contributed by atoms with Crippen molar-refractivity contribution in [1.29, 1.82) is 0 Å². The minimum Gasteiger partial charge on any atom is -0.300 e. The summed E-state index contributed by atoms with van der Waals surface area (Å²) in [5.41, 5.74) is 0.336. The molecule has 0 fully saturated rings. The van der Waals surface area contributed by atoms with Crippen LogP contribution in [0.15, 0.2) is 0 Å². The third-order valence-corrected chi connectivity index (χ3v) is 3.16. The molecule has 0 amide bonds. The van der Waals surface area contributed by atoms with Gasteiger partial charge in [0.15, 0.2) is 0 Å². The molecule has 0 saturated heterocycles. The lowest BCUT2D eigenvalue weighted by molar-refractivity contribution is 0.158. The van der Waals surface area contributed by atoms with Crippen LogP contribution in [0.2, 0.25) is 0 Å². The maximum Gasteiger partial charge on any atom is 0.00432 e. The number of hydrogen-bond acceptors (Lipinski definition) is 2. The number of thiol groups is 1. The van der Waals surface area contributed by atoms with E-state index in [4.69, 9.17) is 0 Å². The van der Waals surface area contributed by atoms with Crippen molar-refractivity contribution >= 4 is 12.6 Å². The van der Waals surface area contributed by atoms with Crippen LogP contribution in [0.25, 0.3) is 0 Å². The van der Waals surface area contributed by atoms with Crippen LogP contribution in [0.4, 0.5) is 0 Å². The predicted octanol–water partition coefficient (Wildman–Crippen LogP) is 3.06. The van der Waals surface area contributed by atoms with Crippen molar-refractivity contribution in [2.24, 2.45) is 5.41 Å². The zero-order valence-corrected chi connectivity index (χ0v) is 10.7. The van der Waals surface area contributed by atoms with E-state index in [9.17, 15) is 0 Å². The lowest BCUT2D eigenvalue weighted by Gasteiger charge is -2.34. The van der Waals surface area contributed by atoms with Crippen LogP contribution in [0.1, 0.15) is 41.0 Å². The molecular formula is C11H25NS. The van der Waals surface area contributed by atoms with E-state index < -0.39 is 0 Å². The van der Waals surface area contributed by atoms with E-state index in [1.54, 1.807) is 0 Å². The summed E-state index contributed by atoms with van der Waals surface area (Å²) in [5.74, 6) is 0.958. The summed E-state index contributed by atoms with van der Waals surface area (Å²) in [5, 5.41) is 0. The number of rotatable bonds is 6. The third kappa shape index (κ3) is 5.58. The zero-order valence-electron chi connectivity index (χ0n) is 9.80. The summed E-state index contributed by atoms with van der Waals surface area (Å²) in [4.78, 5) is 2.54. The molecule has 0 aromatic heterocycles. The molecule has 0 aromatic rings. The summed E-state index contributed by atoms with van der Waals surface area (Å²) in [6.45, 7) is 13.7. The molecular weight excluding hydrogens is 178 g/mol. The average Bonchev–Trinajstić information content (AvgIpc) is 2.03. The van der Waals surface area contributed by atoms with Crippen molar-refractivity contribution < 1.29 is 0 Å². The van der Waals surface area contributed by atoms with Crippen molar-refractivity contribution in [1.82, 2.24) is 4.90 Å². The van der Waals surface area contributed by atoms with Gasteiger partial charge in [-0.15, -0.1) is 0 Å². The van der Waals surface area contributed by atoms with Crippen molar-refractivity contribution in [2.45, 2.75) is 47.1 Å². The van der Waals surface area contributed by atoms with Gasteiger partial charge in [-0.2, -0.15) is 12.6 Å². The number of hydrogen-bond donors (Lipinski definition) is 1. The van der Waals surface area contributed by atoms with Gasteiger partial charge in [0.25, 0.3) is 0 Å². The van der Waals surface area contributed by atoms with Gasteiger partial charge in [-0.05, 0) is 38.0 Å². The van der Waals surface area contributed by atoms with E-state index in [1.807, 2.05) is 0 Å². The molecule has 2 heteroatoms. The molecule has 0 bridgehead atoms. The maximum atomic E-state index is 4.39. The van der Waals surface area contributed by atoms with E-state index in [1.165, 1.54) is 13.0 Å². The second-order valence-corrected chi connectivity index (χ2v) is 5.20. The van der Waals surface area contributed by atoms with Gasteiger partial charge in [0.05, 0.1) is 0 Å². The highest BCUT2D eigenvalue weighted by Crippen LogP contribution is 2.19. The Labute approximate surface area is 89.3 Å². The topological polar surface area (TPSA) is 3.24 Å². The maximum absolute atomic E-state index is 4.39. The summed E-state index contributed by atoms with van der Waals surface area (Å²) in [6.07, 6.45) is 1.24. The van der Waals surface area contributed by atoms with Crippen LogP contribution >= 0.6 is 12.6 Å². The summed E-state index contributed by atoms with van der Waals surface area (Å²) in [7, 11) is 0. The van der Waals surface area contributed by atoms with E-state index in [0.29, 0.717) is 11.5 Å². The van der Waals surface area contributed by atoms with Crippen LogP contribution in [0, 0.1) is 5.41 Å². The smallest absolute Gasteiger partial charge is 0.00432 e. The van der Waals surface area contributed by atoms with Gasteiger partial charge in [-0.25, -0.2) is 0 Å². The molecule has 0 aliphatic rings. The highest BCUT2D eigenvalue weighted by molar-refractivity contribution is 7.80. The standard InChI is InChI=1S/C11H25NS/c1-6-7-12(10(2)3)8-11(4,5)9-13/h10,13H,6-9H2,1-5H3. The Morgan fingerprint density at radius 3 is 2.15 bits per heavy atom. The lowest BCUT2D eigenvalue weighted by Crippen LogP contribution is -2.40. The Morgan fingerprint density at radius 1 is 1.31 bits per heavy atom. The monoisotopic (exact) mass is 203 g/mol. The van der Waals surface area contributed by atoms with Gasteiger partial charge in [-0.3, -0.25) is 0 Å². The molecule has 0 saturated carbocycles. The first-order chi connectivity index (χ1) is 5.93.